The van der Waals surface area contributed by atoms with Crippen molar-refractivity contribution in [2.75, 3.05) is 5.75 Å². The molecule has 42 heavy (non-hydrogen) atoms. The van der Waals surface area contributed by atoms with Gasteiger partial charge in [0.05, 0.1) is 0 Å². The highest BCUT2D eigenvalue weighted by Gasteiger charge is 2.21. The number of carbonyl (C=O) groups excluding carboxylic acids is 1. The Hall–Kier alpha value is -4.88. The number of fused-ring (bicyclic) bond motifs is 3. The normalized spacial score (nSPS) is 11.9. The largest absolute Gasteiger partial charge is 0.480 e. The standard InChI is InChI=1S/C35H26FNO4S/c36-27-18-16-26(17-19-27)34(38)37-31(35(39)40)21-42-20-22-8-10-23(11-9-22)24-12-14-25(15-13-24)28-5-3-6-30-29-4-1-2-7-32(29)41-33(28)30/h1-19,31H,20-21H2,(H,37,38)(H,39,40)/t31-/m0/s1. The second-order valence-electron chi connectivity index (χ2n) is 9.94. The average Bonchev–Trinajstić information content (AvgIpc) is 3.40. The van der Waals surface area contributed by atoms with Crippen LogP contribution in [0, 0.1) is 5.82 Å². The molecule has 0 radical (unpaired) electrons. The average molecular weight is 576 g/mol. The lowest BCUT2D eigenvalue weighted by Crippen LogP contribution is -2.42. The molecule has 1 heterocycles. The van der Waals surface area contributed by atoms with Gasteiger partial charge < -0.3 is 14.8 Å². The van der Waals surface area contributed by atoms with Gasteiger partial charge in [-0.2, -0.15) is 11.8 Å². The van der Waals surface area contributed by atoms with E-state index in [0.29, 0.717) is 5.75 Å². The molecule has 1 amide bonds. The summed E-state index contributed by atoms with van der Waals surface area (Å²) in [6.07, 6.45) is 0. The Labute approximate surface area is 246 Å². The van der Waals surface area contributed by atoms with Crippen LogP contribution in [-0.4, -0.2) is 28.8 Å². The van der Waals surface area contributed by atoms with Crippen molar-refractivity contribution in [3.63, 3.8) is 0 Å². The van der Waals surface area contributed by atoms with Crippen LogP contribution in [0.4, 0.5) is 4.39 Å². The highest BCUT2D eigenvalue weighted by molar-refractivity contribution is 7.98. The third kappa shape index (κ3) is 5.78. The van der Waals surface area contributed by atoms with Gasteiger partial charge in [0, 0.05) is 33.4 Å². The molecule has 0 unspecified atom stereocenters. The monoisotopic (exact) mass is 575 g/mol. The molecule has 6 rings (SSSR count). The third-order valence-corrected chi connectivity index (χ3v) is 8.26. The Kier molecular flexibility index (Phi) is 7.75. The molecule has 1 atom stereocenters. The minimum absolute atomic E-state index is 0.198. The molecule has 0 aliphatic rings. The number of amides is 1. The molecule has 208 valence electrons. The van der Waals surface area contributed by atoms with E-state index in [-0.39, 0.29) is 11.3 Å². The Morgan fingerprint density at radius 2 is 1.40 bits per heavy atom. The summed E-state index contributed by atoms with van der Waals surface area (Å²) in [6.45, 7) is 0. The van der Waals surface area contributed by atoms with Crippen molar-refractivity contribution in [1.29, 1.82) is 0 Å². The van der Waals surface area contributed by atoms with Crippen LogP contribution < -0.4 is 5.32 Å². The van der Waals surface area contributed by atoms with E-state index in [1.165, 1.54) is 36.0 Å². The number of hydrogen-bond acceptors (Lipinski definition) is 4. The number of thioether (sulfide) groups is 1. The molecular formula is C35H26FNO4S. The van der Waals surface area contributed by atoms with Crippen molar-refractivity contribution >= 4 is 45.6 Å². The minimum Gasteiger partial charge on any atom is -0.480 e. The lowest BCUT2D eigenvalue weighted by Gasteiger charge is -2.14. The van der Waals surface area contributed by atoms with Crippen LogP contribution in [0.5, 0.6) is 0 Å². The molecule has 0 aliphatic heterocycles. The number of carboxylic acid groups (broad SMARTS) is 1. The Bertz CT molecular complexity index is 1880. The summed E-state index contributed by atoms with van der Waals surface area (Å²) in [4.78, 5) is 24.1. The molecule has 0 aliphatic carbocycles. The van der Waals surface area contributed by atoms with Gasteiger partial charge in [-0.25, -0.2) is 9.18 Å². The Balaban J connectivity index is 1.09. The van der Waals surface area contributed by atoms with Crippen LogP contribution >= 0.6 is 11.8 Å². The molecule has 1 aromatic heterocycles. The number of rotatable bonds is 9. The zero-order chi connectivity index (χ0) is 29.1. The van der Waals surface area contributed by atoms with E-state index in [2.05, 4.69) is 66.0 Å². The summed E-state index contributed by atoms with van der Waals surface area (Å²) in [5, 5.41) is 14.3. The van der Waals surface area contributed by atoms with Crippen LogP contribution in [0.25, 0.3) is 44.2 Å². The fraction of sp³-hybridized carbons (Fsp3) is 0.0857. The maximum atomic E-state index is 13.1. The minimum atomic E-state index is -1.12. The molecule has 5 aromatic carbocycles. The summed E-state index contributed by atoms with van der Waals surface area (Å²) in [7, 11) is 0. The van der Waals surface area contributed by atoms with E-state index in [1.54, 1.807) is 0 Å². The van der Waals surface area contributed by atoms with Crippen molar-refractivity contribution < 1.29 is 23.5 Å². The lowest BCUT2D eigenvalue weighted by atomic mass is 9.98. The van der Waals surface area contributed by atoms with Crippen molar-refractivity contribution in [1.82, 2.24) is 5.32 Å². The molecule has 5 nitrogen and oxygen atoms in total. The number of benzene rings is 5. The van der Waals surface area contributed by atoms with Crippen LogP contribution in [0.3, 0.4) is 0 Å². The first kappa shape index (κ1) is 27.3. The predicted molar refractivity (Wildman–Crippen MR) is 166 cm³/mol. The van der Waals surface area contributed by atoms with Crippen molar-refractivity contribution in [2.24, 2.45) is 0 Å². The molecule has 0 saturated heterocycles. The number of carbonyl (C=O) groups is 2. The van der Waals surface area contributed by atoms with Gasteiger partial charge in [0.2, 0.25) is 0 Å². The van der Waals surface area contributed by atoms with Gasteiger partial charge in [-0.05, 0) is 52.6 Å². The van der Waals surface area contributed by atoms with Gasteiger partial charge >= 0.3 is 5.97 Å². The lowest BCUT2D eigenvalue weighted by molar-refractivity contribution is -0.138. The number of halogens is 1. The van der Waals surface area contributed by atoms with Gasteiger partial charge in [0.15, 0.2) is 0 Å². The first-order valence-electron chi connectivity index (χ1n) is 13.4. The van der Waals surface area contributed by atoms with Gasteiger partial charge in [-0.1, -0.05) is 84.9 Å². The number of aliphatic carboxylic acids is 1. The molecule has 0 saturated carbocycles. The van der Waals surface area contributed by atoms with E-state index in [0.717, 1.165) is 49.8 Å². The SMILES string of the molecule is O=C(N[C@@H](CSCc1ccc(-c2ccc(-c3cccc4c3oc3ccccc34)cc2)cc1)C(=O)O)c1ccc(F)cc1. The third-order valence-electron chi connectivity index (χ3n) is 7.15. The quantitative estimate of drug-likeness (QED) is 0.182. The van der Waals surface area contributed by atoms with E-state index in [1.807, 2.05) is 30.3 Å². The van der Waals surface area contributed by atoms with Crippen molar-refractivity contribution in [2.45, 2.75) is 11.8 Å². The molecular weight excluding hydrogens is 549 g/mol. The van der Waals surface area contributed by atoms with E-state index in [4.69, 9.17) is 4.42 Å². The van der Waals surface area contributed by atoms with Crippen LogP contribution in [0.2, 0.25) is 0 Å². The summed E-state index contributed by atoms with van der Waals surface area (Å²) >= 11 is 1.42. The van der Waals surface area contributed by atoms with Crippen LogP contribution in [-0.2, 0) is 10.5 Å². The molecule has 0 spiro atoms. The Morgan fingerprint density at radius 1 is 0.762 bits per heavy atom. The van der Waals surface area contributed by atoms with E-state index < -0.39 is 23.7 Å². The van der Waals surface area contributed by atoms with Crippen molar-refractivity contribution in [3.05, 3.63) is 132 Å². The van der Waals surface area contributed by atoms with E-state index in [9.17, 15) is 19.1 Å². The Morgan fingerprint density at radius 3 is 2.12 bits per heavy atom. The maximum absolute atomic E-state index is 13.1. The first-order chi connectivity index (χ1) is 20.5. The number of para-hydroxylation sites is 2. The molecule has 2 N–H and O–H groups in total. The van der Waals surface area contributed by atoms with Gasteiger partial charge in [0.1, 0.15) is 23.0 Å². The number of hydrogen-bond donors (Lipinski definition) is 2. The highest BCUT2D eigenvalue weighted by atomic mass is 32.2. The molecule has 7 heteroatoms. The zero-order valence-corrected chi connectivity index (χ0v) is 23.2. The molecule has 6 aromatic rings. The maximum Gasteiger partial charge on any atom is 0.327 e. The number of nitrogens with one attached hydrogen (secondary N) is 1. The topological polar surface area (TPSA) is 79.5 Å². The second-order valence-corrected chi connectivity index (χ2v) is 11.0. The number of furan rings is 1. The fourth-order valence-electron chi connectivity index (χ4n) is 4.92. The summed E-state index contributed by atoms with van der Waals surface area (Å²) in [5.74, 6) is -1.34. The van der Waals surface area contributed by atoms with Crippen molar-refractivity contribution in [3.8, 4) is 22.3 Å². The smallest absolute Gasteiger partial charge is 0.327 e. The first-order valence-corrected chi connectivity index (χ1v) is 14.6. The van der Waals surface area contributed by atoms with Crippen LogP contribution in [0.1, 0.15) is 15.9 Å². The molecule has 0 fully saturated rings. The molecule has 0 bridgehead atoms. The van der Waals surface area contributed by atoms with E-state index >= 15 is 0 Å². The zero-order valence-electron chi connectivity index (χ0n) is 22.4. The van der Waals surface area contributed by atoms with Crippen LogP contribution in [0.15, 0.2) is 120 Å². The van der Waals surface area contributed by atoms with Gasteiger partial charge in [0.25, 0.3) is 5.91 Å². The number of carboxylic acids is 1. The fourth-order valence-corrected chi connectivity index (χ4v) is 5.93. The van der Waals surface area contributed by atoms with Gasteiger partial charge in [-0.3, -0.25) is 4.79 Å². The summed E-state index contributed by atoms with van der Waals surface area (Å²) < 4.78 is 19.3. The second kappa shape index (κ2) is 11.9. The van der Waals surface area contributed by atoms with Gasteiger partial charge in [-0.15, -0.1) is 0 Å². The summed E-state index contributed by atoms with van der Waals surface area (Å²) in [6, 6.07) is 34.8. The highest BCUT2D eigenvalue weighted by Crippen LogP contribution is 2.36. The predicted octanol–water partition coefficient (Wildman–Crippen LogP) is 8.18. The summed E-state index contributed by atoms with van der Waals surface area (Å²) in [5.41, 5.74) is 7.31.